The largest absolute Gasteiger partial charge is 1.00 e. The smallest absolute Gasteiger partial charge is 0.168 e. The van der Waals surface area contributed by atoms with Crippen LogP contribution in [0.1, 0.15) is 52.7 Å². The predicted octanol–water partition coefficient (Wildman–Crippen LogP) is 3.82. The Bertz CT molecular complexity index is 806. The molecule has 3 aromatic rings. The number of rotatable bonds is 1. The second kappa shape index (κ2) is 6.51. The van der Waals surface area contributed by atoms with Crippen LogP contribution >= 0.6 is 0 Å². The van der Waals surface area contributed by atoms with Gasteiger partial charge in [-0.05, 0) is 27.5 Å². The molecule has 0 aliphatic carbocycles. The molecule has 3 rings (SSSR count). The van der Waals surface area contributed by atoms with E-state index in [1.807, 2.05) is 0 Å². The summed E-state index contributed by atoms with van der Waals surface area (Å²) in [6.45, 7) is 13.8. The van der Waals surface area contributed by atoms with Gasteiger partial charge in [-0.1, -0.05) is 71.4 Å². The molecule has 0 amide bonds. The Morgan fingerprint density at radius 2 is 1.33 bits per heavy atom. The van der Waals surface area contributed by atoms with Crippen LogP contribution in [0.25, 0.3) is 21.9 Å². The van der Waals surface area contributed by atoms with Crippen LogP contribution in [0.5, 0.6) is 0 Å². The molecule has 0 spiro atoms. The van der Waals surface area contributed by atoms with E-state index in [2.05, 4.69) is 96.1 Å². The summed E-state index contributed by atoms with van der Waals surface area (Å²) in [5.74, 6) is 0. The third kappa shape index (κ3) is 3.66. The average molecular weight is 310 g/mol. The number of hydrogen-bond acceptors (Lipinski definition) is 0. The van der Waals surface area contributed by atoms with Crippen LogP contribution in [0, 0.1) is 0 Å². The molecule has 120 valence electrons. The van der Waals surface area contributed by atoms with Crippen molar-refractivity contribution >= 4 is 10.8 Å². The van der Waals surface area contributed by atoms with Gasteiger partial charge in [0, 0.05) is 0 Å². The monoisotopic (exact) mass is 310 g/mol. The zero-order valence-electron chi connectivity index (χ0n) is 16.2. The first-order valence-corrected chi connectivity index (χ1v) is 8.47. The minimum atomic E-state index is 0. The van der Waals surface area contributed by atoms with Gasteiger partial charge in [-0.15, -0.1) is 29.0 Å². The van der Waals surface area contributed by atoms with E-state index in [0.717, 1.165) is 0 Å². The zero-order chi connectivity index (χ0) is 16.8. The molecule has 0 N–H and O–H groups in total. The molecular weight excluding hydrogens is 283 g/mol. The maximum absolute atomic E-state index is 2.38. The summed E-state index contributed by atoms with van der Waals surface area (Å²) in [4.78, 5) is 0. The van der Waals surface area contributed by atoms with Gasteiger partial charge in [0.25, 0.3) is 0 Å². The number of fused-ring (bicyclic) bond motifs is 1. The van der Waals surface area contributed by atoms with Crippen molar-refractivity contribution in [1.82, 2.24) is 0 Å². The molecule has 0 unspecified atom stereocenters. The summed E-state index contributed by atoms with van der Waals surface area (Å²) in [5, 5.41) is 2.67. The van der Waals surface area contributed by atoms with Gasteiger partial charge in [0.1, 0.15) is 0 Å². The third-order valence-electron chi connectivity index (χ3n) is 4.65. The van der Waals surface area contributed by atoms with Gasteiger partial charge >= 0.3 is 18.9 Å². The topological polar surface area (TPSA) is 0 Å². The van der Waals surface area contributed by atoms with Crippen molar-refractivity contribution in [3.8, 4) is 11.1 Å². The van der Waals surface area contributed by atoms with Crippen molar-refractivity contribution in [2.75, 3.05) is 0 Å². The molecule has 0 saturated carbocycles. The Balaban J connectivity index is 0.00000208. The number of hydrogen-bond donors (Lipinski definition) is 0. The fourth-order valence-corrected chi connectivity index (χ4v) is 3.06. The van der Waals surface area contributed by atoms with E-state index < -0.39 is 0 Å². The molecule has 0 radical (unpaired) electrons. The molecule has 0 saturated heterocycles. The Labute approximate surface area is 158 Å². The van der Waals surface area contributed by atoms with Crippen LogP contribution in [-0.2, 0) is 10.8 Å². The first-order valence-electron chi connectivity index (χ1n) is 8.47. The van der Waals surface area contributed by atoms with Gasteiger partial charge in [0.15, 0.2) is 0 Å². The average Bonchev–Trinajstić information content (AvgIpc) is 2.93. The van der Waals surface area contributed by atoms with Gasteiger partial charge < -0.3 is 0 Å². The van der Waals surface area contributed by atoms with E-state index in [1.165, 1.54) is 33.0 Å². The summed E-state index contributed by atoms with van der Waals surface area (Å²) in [6, 6.07) is 20.3. The van der Waals surface area contributed by atoms with E-state index in [0.29, 0.717) is 0 Å². The van der Waals surface area contributed by atoms with Crippen molar-refractivity contribution < 1.29 is 18.9 Å². The SMILES string of the molecule is CC(C)(C)c1cc(-c2cccc3[cH-]ccc23)cc(C(C)(C)C)c1.[Li+]. The van der Waals surface area contributed by atoms with Crippen LogP contribution in [0.4, 0.5) is 0 Å². The van der Waals surface area contributed by atoms with Gasteiger partial charge in [-0.2, -0.15) is 12.1 Å². The fourth-order valence-electron chi connectivity index (χ4n) is 3.06. The molecule has 0 fully saturated rings. The summed E-state index contributed by atoms with van der Waals surface area (Å²) in [5.41, 5.74) is 5.78. The molecule has 0 aliphatic rings. The zero-order valence-corrected chi connectivity index (χ0v) is 16.2. The molecule has 3 aromatic carbocycles. The van der Waals surface area contributed by atoms with Crippen molar-refractivity contribution in [2.45, 2.75) is 52.4 Å². The quantitative estimate of drug-likeness (QED) is 0.473. The molecule has 1 heteroatoms. The summed E-state index contributed by atoms with van der Waals surface area (Å²) in [6.07, 6.45) is 0. The number of benzene rings is 2. The molecule has 0 atom stereocenters. The Hall–Kier alpha value is -1.35. The first-order chi connectivity index (χ1) is 10.7. The minimum absolute atomic E-state index is 0. The predicted molar refractivity (Wildman–Crippen MR) is 102 cm³/mol. The Morgan fingerprint density at radius 3 is 1.88 bits per heavy atom. The molecule has 0 aliphatic heterocycles. The van der Waals surface area contributed by atoms with Crippen molar-refractivity contribution in [2.24, 2.45) is 0 Å². The summed E-state index contributed by atoms with van der Waals surface area (Å²) in [7, 11) is 0. The maximum atomic E-state index is 2.38. The van der Waals surface area contributed by atoms with Crippen molar-refractivity contribution in [1.29, 1.82) is 0 Å². The third-order valence-corrected chi connectivity index (χ3v) is 4.65. The molecule has 24 heavy (non-hydrogen) atoms. The van der Waals surface area contributed by atoms with Crippen LogP contribution in [0.3, 0.4) is 0 Å². The van der Waals surface area contributed by atoms with E-state index in [4.69, 9.17) is 0 Å². The normalized spacial score (nSPS) is 12.2. The minimum Gasteiger partial charge on any atom is -0.168 e. The molecule has 0 nitrogen and oxygen atoms in total. The Morgan fingerprint density at radius 1 is 0.750 bits per heavy atom. The van der Waals surface area contributed by atoms with Gasteiger partial charge in [0.05, 0.1) is 0 Å². The molecule has 0 aromatic heterocycles. The van der Waals surface area contributed by atoms with Crippen LogP contribution < -0.4 is 18.9 Å². The van der Waals surface area contributed by atoms with Crippen molar-refractivity contribution in [3.63, 3.8) is 0 Å². The van der Waals surface area contributed by atoms with Gasteiger partial charge in [0.2, 0.25) is 0 Å². The van der Waals surface area contributed by atoms with Gasteiger partial charge in [-0.25, -0.2) is 0 Å². The van der Waals surface area contributed by atoms with Crippen LogP contribution in [-0.4, -0.2) is 0 Å². The fraction of sp³-hybridized carbons (Fsp3) is 0.348. The van der Waals surface area contributed by atoms with Crippen LogP contribution in [0.2, 0.25) is 0 Å². The van der Waals surface area contributed by atoms with E-state index in [-0.39, 0.29) is 29.7 Å². The standard InChI is InChI=1S/C23H27.Li/c1-22(2,3)18-13-17(14-19(15-18)23(4,5)6)21-12-8-10-16-9-7-11-20(16)21;/h7-15H,1-6H3;/q-1;+1. The van der Waals surface area contributed by atoms with Crippen molar-refractivity contribution in [3.05, 3.63) is 65.7 Å². The molecule has 0 bridgehead atoms. The Kier molecular flexibility index (Phi) is 5.15. The molecular formula is C23H27Li. The summed E-state index contributed by atoms with van der Waals surface area (Å²) < 4.78 is 0. The van der Waals surface area contributed by atoms with E-state index >= 15 is 0 Å². The first kappa shape index (κ1) is 19.0. The second-order valence-corrected chi connectivity index (χ2v) is 8.63. The van der Waals surface area contributed by atoms with E-state index in [9.17, 15) is 0 Å². The summed E-state index contributed by atoms with van der Waals surface area (Å²) >= 11 is 0. The second-order valence-electron chi connectivity index (χ2n) is 8.63. The van der Waals surface area contributed by atoms with Gasteiger partial charge in [-0.3, -0.25) is 0 Å². The molecule has 0 heterocycles. The van der Waals surface area contributed by atoms with E-state index in [1.54, 1.807) is 0 Å². The maximum Gasteiger partial charge on any atom is 1.00 e. The van der Waals surface area contributed by atoms with Crippen LogP contribution in [0.15, 0.2) is 54.6 Å².